The van der Waals surface area contributed by atoms with Crippen molar-refractivity contribution in [3.8, 4) is 11.5 Å². The Morgan fingerprint density at radius 3 is 2.24 bits per heavy atom. The normalized spacial score (nSPS) is 13.5. The molecule has 1 atom stereocenters. The first-order chi connectivity index (χ1) is 15.8. The van der Waals surface area contributed by atoms with Gasteiger partial charge in [-0.3, -0.25) is 9.59 Å². The molecule has 170 valence electrons. The Morgan fingerprint density at radius 2 is 1.64 bits per heavy atom. The molecule has 6 nitrogen and oxygen atoms in total. The smallest absolute Gasteiger partial charge is 0.331 e. The average molecular weight is 446 g/mol. The maximum atomic E-state index is 12.7. The van der Waals surface area contributed by atoms with Crippen LogP contribution in [-0.4, -0.2) is 31.8 Å². The number of fused-ring (bicyclic) bond motifs is 1. The van der Waals surface area contributed by atoms with Gasteiger partial charge in [-0.1, -0.05) is 42.0 Å². The van der Waals surface area contributed by atoms with E-state index < -0.39 is 12.1 Å². The second kappa shape index (κ2) is 10.6. The van der Waals surface area contributed by atoms with Gasteiger partial charge in [-0.15, -0.1) is 0 Å². The van der Waals surface area contributed by atoms with Gasteiger partial charge < -0.3 is 14.2 Å². The predicted octanol–water partition coefficient (Wildman–Crippen LogP) is 5.29. The highest BCUT2D eigenvalue weighted by Gasteiger charge is 2.32. The van der Waals surface area contributed by atoms with E-state index in [0.717, 1.165) is 11.1 Å². The molecule has 0 fully saturated rings. The Labute approximate surface area is 193 Å². The van der Waals surface area contributed by atoms with Crippen LogP contribution in [0.2, 0.25) is 0 Å². The van der Waals surface area contributed by atoms with Crippen molar-refractivity contribution in [3.63, 3.8) is 0 Å². The van der Waals surface area contributed by atoms with E-state index in [1.807, 2.05) is 50.3 Å². The van der Waals surface area contributed by atoms with Crippen molar-refractivity contribution in [2.24, 2.45) is 0 Å². The topological polar surface area (TPSA) is 78.9 Å². The number of carbonyl (C=O) groups is 3. The summed E-state index contributed by atoms with van der Waals surface area (Å²) >= 11 is 0. The number of allylic oxidation sites excluding steroid dienone is 3. The lowest BCUT2D eigenvalue weighted by molar-refractivity contribution is -0.143. The molecule has 0 heterocycles. The van der Waals surface area contributed by atoms with E-state index in [2.05, 4.69) is 0 Å². The lowest BCUT2D eigenvalue weighted by Crippen LogP contribution is -2.18. The van der Waals surface area contributed by atoms with Gasteiger partial charge in [-0.2, -0.15) is 0 Å². The number of carbonyl (C=O) groups excluding carboxylic acids is 3. The molecule has 0 bridgehead atoms. The van der Waals surface area contributed by atoms with Gasteiger partial charge in [0.25, 0.3) is 0 Å². The summed E-state index contributed by atoms with van der Waals surface area (Å²) in [6, 6.07) is 11.0. The summed E-state index contributed by atoms with van der Waals surface area (Å²) in [5.74, 6) is -0.859. The fourth-order valence-corrected chi connectivity index (χ4v) is 3.57. The van der Waals surface area contributed by atoms with Crippen LogP contribution in [0.4, 0.5) is 0 Å². The van der Waals surface area contributed by atoms with E-state index in [4.69, 9.17) is 14.2 Å². The van der Waals surface area contributed by atoms with Gasteiger partial charge in [0.15, 0.2) is 11.6 Å². The largest absolute Gasteiger partial charge is 0.496 e. The Bertz CT molecular complexity index is 1150. The first-order valence-electron chi connectivity index (χ1n) is 10.5. The van der Waals surface area contributed by atoms with Crippen LogP contribution in [0.5, 0.6) is 11.5 Å². The van der Waals surface area contributed by atoms with E-state index in [1.165, 1.54) is 32.4 Å². The molecular formula is C27H26O6. The van der Waals surface area contributed by atoms with Crippen molar-refractivity contribution in [2.75, 3.05) is 14.2 Å². The summed E-state index contributed by atoms with van der Waals surface area (Å²) in [5, 5.41) is 0. The van der Waals surface area contributed by atoms with E-state index in [-0.39, 0.29) is 34.2 Å². The molecule has 0 aliphatic heterocycles. The van der Waals surface area contributed by atoms with E-state index in [0.29, 0.717) is 12.0 Å². The maximum Gasteiger partial charge on any atom is 0.331 e. The zero-order chi connectivity index (χ0) is 24.0. The van der Waals surface area contributed by atoms with Crippen LogP contribution in [0.1, 0.15) is 58.2 Å². The molecule has 0 amide bonds. The molecule has 33 heavy (non-hydrogen) atoms. The second-order valence-electron chi connectivity index (χ2n) is 7.70. The summed E-state index contributed by atoms with van der Waals surface area (Å²) in [7, 11) is 2.83. The summed E-state index contributed by atoms with van der Waals surface area (Å²) in [6.07, 6.45) is 6.94. The third-order valence-electron chi connectivity index (χ3n) is 5.13. The minimum Gasteiger partial charge on any atom is -0.496 e. The van der Waals surface area contributed by atoms with Gasteiger partial charge in [0, 0.05) is 18.1 Å². The Kier molecular flexibility index (Phi) is 7.61. The Hall–Kier alpha value is -3.93. The second-order valence-corrected chi connectivity index (χ2v) is 7.70. The van der Waals surface area contributed by atoms with Gasteiger partial charge in [0.2, 0.25) is 0 Å². The van der Waals surface area contributed by atoms with Gasteiger partial charge in [-0.25, -0.2) is 4.79 Å². The Morgan fingerprint density at radius 1 is 0.970 bits per heavy atom. The number of rotatable bonds is 8. The number of hydrogen-bond acceptors (Lipinski definition) is 6. The summed E-state index contributed by atoms with van der Waals surface area (Å²) in [4.78, 5) is 37.9. The number of ether oxygens (including phenoxy) is 3. The van der Waals surface area contributed by atoms with Crippen molar-refractivity contribution in [3.05, 3.63) is 88.5 Å². The van der Waals surface area contributed by atoms with Crippen LogP contribution < -0.4 is 9.47 Å². The minimum atomic E-state index is -0.768. The van der Waals surface area contributed by atoms with Crippen LogP contribution in [0.25, 0.3) is 6.08 Å². The first-order valence-corrected chi connectivity index (χ1v) is 10.5. The van der Waals surface area contributed by atoms with Crippen molar-refractivity contribution in [1.82, 2.24) is 0 Å². The minimum absolute atomic E-state index is 0.109. The maximum absolute atomic E-state index is 12.7. The summed E-state index contributed by atoms with van der Waals surface area (Å²) in [5.41, 5.74) is 2.59. The number of hydrogen-bond donors (Lipinski definition) is 0. The van der Waals surface area contributed by atoms with Crippen molar-refractivity contribution < 1.29 is 28.6 Å². The molecule has 1 aliphatic carbocycles. The molecule has 0 saturated heterocycles. The first kappa shape index (κ1) is 23.7. The molecule has 1 aliphatic rings. The molecule has 0 saturated carbocycles. The summed E-state index contributed by atoms with van der Waals surface area (Å²) in [6.45, 7) is 3.87. The third-order valence-corrected chi connectivity index (χ3v) is 5.13. The van der Waals surface area contributed by atoms with Gasteiger partial charge in [-0.05, 0) is 43.7 Å². The van der Waals surface area contributed by atoms with Crippen LogP contribution >= 0.6 is 0 Å². The van der Waals surface area contributed by atoms with Crippen LogP contribution in [0, 0.1) is 0 Å². The molecule has 0 N–H and O–H groups in total. The monoisotopic (exact) mass is 446 g/mol. The zero-order valence-electron chi connectivity index (χ0n) is 19.1. The molecule has 0 unspecified atom stereocenters. The highest BCUT2D eigenvalue weighted by Crippen LogP contribution is 2.42. The molecule has 3 rings (SSSR count). The molecule has 0 spiro atoms. The summed E-state index contributed by atoms with van der Waals surface area (Å²) < 4.78 is 16.8. The molecule has 0 aromatic heterocycles. The zero-order valence-corrected chi connectivity index (χ0v) is 19.1. The fraction of sp³-hybridized carbons (Fsp3) is 0.222. The van der Waals surface area contributed by atoms with Gasteiger partial charge >= 0.3 is 5.97 Å². The van der Waals surface area contributed by atoms with Crippen LogP contribution in [-0.2, 0) is 9.53 Å². The fourth-order valence-electron chi connectivity index (χ4n) is 3.57. The number of ketones is 2. The predicted molar refractivity (Wildman–Crippen MR) is 126 cm³/mol. The van der Waals surface area contributed by atoms with Crippen LogP contribution in [0.3, 0.4) is 0 Å². The van der Waals surface area contributed by atoms with Gasteiger partial charge in [0.05, 0.1) is 25.3 Å². The lowest BCUT2D eigenvalue weighted by Gasteiger charge is -2.24. The molecule has 2 aromatic carbocycles. The number of esters is 1. The molecular weight excluding hydrogens is 420 g/mol. The molecule has 6 heteroatoms. The van der Waals surface area contributed by atoms with E-state index >= 15 is 0 Å². The lowest BCUT2D eigenvalue weighted by atomic mass is 9.88. The number of methoxy groups -OCH3 is 2. The highest BCUT2D eigenvalue weighted by molar-refractivity contribution is 6.24. The molecule has 2 aromatic rings. The van der Waals surface area contributed by atoms with E-state index in [9.17, 15) is 14.4 Å². The third kappa shape index (κ3) is 5.47. The molecule has 0 radical (unpaired) electrons. The highest BCUT2D eigenvalue weighted by atomic mass is 16.5. The Balaban J connectivity index is 2.05. The quantitative estimate of drug-likeness (QED) is 0.311. The van der Waals surface area contributed by atoms with Crippen molar-refractivity contribution >= 4 is 23.6 Å². The SMILES string of the molecule is COc1cc([C@@H](CC=C(C)C)OC(=O)/C=C/c2ccccc2)c(OC)c2c1C(=O)C=CC2=O. The average Bonchev–Trinajstić information content (AvgIpc) is 2.82. The van der Waals surface area contributed by atoms with Crippen LogP contribution in [0.15, 0.2) is 66.3 Å². The van der Waals surface area contributed by atoms with Crippen molar-refractivity contribution in [1.29, 1.82) is 0 Å². The van der Waals surface area contributed by atoms with Gasteiger partial charge in [0.1, 0.15) is 17.6 Å². The van der Waals surface area contributed by atoms with Crippen molar-refractivity contribution in [2.45, 2.75) is 26.4 Å². The van der Waals surface area contributed by atoms with E-state index in [1.54, 1.807) is 12.1 Å². The number of benzene rings is 2. The standard InChI is InChI=1S/C27H26O6/c1-17(2)10-14-22(33-24(30)15-11-18-8-6-5-7-9-18)19-16-23(31-3)25-20(28)12-13-21(29)26(25)27(19)32-4/h5-13,15-16,22H,14H2,1-4H3/b15-11+/t22-/m1/s1.